The lowest BCUT2D eigenvalue weighted by molar-refractivity contribution is -0.159. The van der Waals surface area contributed by atoms with E-state index in [9.17, 15) is 13.2 Å². The van der Waals surface area contributed by atoms with Crippen molar-refractivity contribution in [1.29, 1.82) is 0 Å². The van der Waals surface area contributed by atoms with Crippen molar-refractivity contribution in [3.05, 3.63) is 0 Å². The van der Waals surface area contributed by atoms with Crippen molar-refractivity contribution in [2.24, 2.45) is 17.1 Å². The average Bonchev–Trinajstić information content (AvgIpc) is 2.62. The molecule has 100 valence electrons. The molecule has 0 amide bonds. The predicted octanol–water partition coefficient (Wildman–Crippen LogP) is 1.28. The van der Waals surface area contributed by atoms with Gasteiger partial charge in [0.1, 0.15) is 0 Å². The van der Waals surface area contributed by atoms with Crippen LogP contribution in [0.5, 0.6) is 0 Å². The van der Waals surface area contributed by atoms with Gasteiger partial charge in [-0.2, -0.15) is 13.2 Å². The summed E-state index contributed by atoms with van der Waals surface area (Å²) in [5.41, 5.74) is 5.42. The van der Waals surface area contributed by atoms with Crippen molar-refractivity contribution in [1.82, 2.24) is 5.32 Å². The molecular weight excluding hydrogens is 233 g/mol. The van der Waals surface area contributed by atoms with Crippen LogP contribution in [0.2, 0.25) is 0 Å². The van der Waals surface area contributed by atoms with Crippen LogP contribution >= 0.6 is 0 Å². The monoisotopic (exact) mass is 252 g/mol. The quantitative estimate of drug-likeness (QED) is 0.795. The van der Waals surface area contributed by atoms with Gasteiger partial charge in [0.25, 0.3) is 0 Å². The van der Waals surface area contributed by atoms with Crippen molar-refractivity contribution < 1.29 is 17.9 Å². The lowest BCUT2D eigenvalue weighted by Gasteiger charge is -2.62. The van der Waals surface area contributed by atoms with Crippen molar-refractivity contribution in [3.63, 3.8) is 0 Å². The van der Waals surface area contributed by atoms with E-state index in [4.69, 9.17) is 10.5 Å². The lowest BCUT2D eigenvalue weighted by Crippen LogP contribution is -2.78. The number of alkyl halides is 3. The van der Waals surface area contributed by atoms with E-state index in [1.54, 1.807) is 0 Å². The Kier molecular flexibility index (Phi) is 2.95. The molecule has 3 N–H and O–H groups in total. The van der Waals surface area contributed by atoms with Gasteiger partial charge in [0.15, 0.2) is 0 Å². The predicted molar refractivity (Wildman–Crippen MR) is 57.5 cm³/mol. The van der Waals surface area contributed by atoms with Gasteiger partial charge in [-0.3, -0.25) is 0 Å². The lowest BCUT2D eigenvalue weighted by atomic mass is 9.48. The molecule has 2 aliphatic rings. The summed E-state index contributed by atoms with van der Waals surface area (Å²) < 4.78 is 41.8. The van der Waals surface area contributed by atoms with E-state index < -0.39 is 18.3 Å². The van der Waals surface area contributed by atoms with Gasteiger partial charge < -0.3 is 15.8 Å². The fraction of sp³-hybridized carbons (Fsp3) is 1.00. The number of rotatable bonds is 3. The van der Waals surface area contributed by atoms with Gasteiger partial charge in [-0.15, -0.1) is 0 Å². The van der Waals surface area contributed by atoms with E-state index in [0.29, 0.717) is 6.61 Å². The molecule has 0 aromatic carbocycles. The zero-order chi connectivity index (χ0) is 12.9. The van der Waals surface area contributed by atoms with Crippen LogP contribution < -0.4 is 11.1 Å². The molecule has 1 saturated carbocycles. The molecule has 1 aliphatic carbocycles. The molecule has 2 rings (SSSR count). The summed E-state index contributed by atoms with van der Waals surface area (Å²) in [7, 11) is 0. The van der Waals surface area contributed by atoms with Gasteiger partial charge in [0.2, 0.25) is 0 Å². The SMILES string of the molecule is CC1(C)C2OCCC2C1(N)CNCC(F)(F)F. The second kappa shape index (κ2) is 3.83. The Morgan fingerprint density at radius 1 is 1.41 bits per heavy atom. The molecular formula is C11H19F3N2O. The van der Waals surface area contributed by atoms with Gasteiger partial charge >= 0.3 is 6.18 Å². The zero-order valence-electron chi connectivity index (χ0n) is 10.1. The molecule has 0 aromatic rings. The van der Waals surface area contributed by atoms with Crippen LogP contribution in [0, 0.1) is 11.3 Å². The third kappa shape index (κ3) is 1.96. The molecule has 1 saturated heterocycles. The van der Waals surface area contributed by atoms with Gasteiger partial charge in [0.05, 0.1) is 12.6 Å². The molecule has 17 heavy (non-hydrogen) atoms. The fourth-order valence-electron chi connectivity index (χ4n) is 3.24. The molecule has 3 atom stereocenters. The topological polar surface area (TPSA) is 47.3 Å². The Balaban J connectivity index is 1.95. The van der Waals surface area contributed by atoms with E-state index in [0.717, 1.165) is 6.42 Å². The molecule has 3 unspecified atom stereocenters. The van der Waals surface area contributed by atoms with Gasteiger partial charge in [-0.25, -0.2) is 0 Å². The minimum Gasteiger partial charge on any atom is -0.377 e. The maximum absolute atomic E-state index is 12.1. The van der Waals surface area contributed by atoms with Crippen molar-refractivity contribution in [2.75, 3.05) is 19.7 Å². The van der Waals surface area contributed by atoms with E-state index >= 15 is 0 Å². The van der Waals surface area contributed by atoms with Crippen LogP contribution in [-0.2, 0) is 4.74 Å². The van der Waals surface area contributed by atoms with Crippen LogP contribution in [-0.4, -0.2) is 37.5 Å². The van der Waals surface area contributed by atoms with Crippen LogP contribution in [0.4, 0.5) is 13.2 Å². The molecule has 1 aliphatic heterocycles. The highest BCUT2D eigenvalue weighted by atomic mass is 19.4. The highest BCUT2D eigenvalue weighted by Crippen LogP contribution is 2.57. The van der Waals surface area contributed by atoms with Crippen LogP contribution in [0.15, 0.2) is 0 Å². The number of fused-ring (bicyclic) bond motifs is 1. The number of hydrogen-bond donors (Lipinski definition) is 2. The second-order valence-electron chi connectivity index (χ2n) is 5.67. The number of nitrogens with one attached hydrogen (secondary N) is 1. The van der Waals surface area contributed by atoms with E-state index in [1.807, 2.05) is 13.8 Å². The molecule has 0 spiro atoms. The number of halogens is 3. The second-order valence-corrected chi connectivity index (χ2v) is 5.67. The standard InChI is InChI=1S/C11H19F3N2O/c1-9(2)8-7(3-4-17-8)10(9,15)5-16-6-11(12,13)14/h7-8,16H,3-6,15H2,1-2H3. The summed E-state index contributed by atoms with van der Waals surface area (Å²) in [4.78, 5) is 0. The number of hydrogen-bond acceptors (Lipinski definition) is 3. The molecule has 6 heteroatoms. The van der Waals surface area contributed by atoms with Crippen LogP contribution in [0.1, 0.15) is 20.3 Å². The maximum Gasteiger partial charge on any atom is 0.401 e. The average molecular weight is 252 g/mol. The van der Waals surface area contributed by atoms with E-state index in [1.165, 1.54) is 0 Å². The Labute approximate surface area is 98.9 Å². The highest BCUT2D eigenvalue weighted by molar-refractivity contribution is 5.21. The first-order valence-electron chi connectivity index (χ1n) is 5.86. The first-order valence-corrected chi connectivity index (χ1v) is 5.86. The Hall–Kier alpha value is -0.330. The molecule has 0 bridgehead atoms. The fourth-order valence-corrected chi connectivity index (χ4v) is 3.24. The maximum atomic E-state index is 12.1. The van der Waals surface area contributed by atoms with E-state index in [-0.39, 0.29) is 24.0 Å². The van der Waals surface area contributed by atoms with Gasteiger partial charge in [-0.05, 0) is 6.42 Å². The Morgan fingerprint density at radius 3 is 2.65 bits per heavy atom. The minimum atomic E-state index is -4.18. The smallest absolute Gasteiger partial charge is 0.377 e. The van der Waals surface area contributed by atoms with Gasteiger partial charge in [-0.1, -0.05) is 13.8 Å². The van der Waals surface area contributed by atoms with Crippen LogP contribution in [0.3, 0.4) is 0 Å². The molecule has 3 nitrogen and oxygen atoms in total. The summed E-state index contributed by atoms with van der Waals surface area (Å²) >= 11 is 0. The summed E-state index contributed by atoms with van der Waals surface area (Å²) in [5.74, 6) is 0.179. The van der Waals surface area contributed by atoms with Crippen molar-refractivity contribution in [2.45, 2.75) is 38.1 Å². The summed E-state index contributed by atoms with van der Waals surface area (Å²) in [6, 6.07) is 0. The molecule has 0 aromatic heterocycles. The third-order valence-electron chi connectivity index (χ3n) is 4.41. The summed E-state index contributed by atoms with van der Waals surface area (Å²) in [6.07, 6.45) is -3.24. The van der Waals surface area contributed by atoms with Crippen LogP contribution in [0.25, 0.3) is 0 Å². The summed E-state index contributed by atoms with van der Waals surface area (Å²) in [5, 5.41) is 2.43. The normalized spacial score (nSPS) is 39.9. The number of nitrogens with two attached hydrogens (primary N) is 1. The van der Waals surface area contributed by atoms with Gasteiger partial charge in [0, 0.05) is 30.0 Å². The third-order valence-corrected chi connectivity index (χ3v) is 4.41. The molecule has 1 heterocycles. The Bertz CT molecular complexity index is 306. The van der Waals surface area contributed by atoms with Crippen molar-refractivity contribution >= 4 is 0 Å². The molecule has 0 radical (unpaired) electrons. The van der Waals surface area contributed by atoms with E-state index in [2.05, 4.69) is 5.32 Å². The Morgan fingerprint density at radius 2 is 2.06 bits per heavy atom. The highest BCUT2D eigenvalue weighted by Gasteiger charge is 2.67. The van der Waals surface area contributed by atoms with Crippen molar-refractivity contribution in [3.8, 4) is 0 Å². The first-order chi connectivity index (χ1) is 7.68. The number of ether oxygens (including phenoxy) is 1. The molecule has 2 fully saturated rings. The minimum absolute atomic E-state index is 0.0974. The largest absolute Gasteiger partial charge is 0.401 e. The first kappa shape index (κ1) is 13.1. The zero-order valence-corrected chi connectivity index (χ0v) is 10.1. The summed E-state index contributed by atoms with van der Waals surface area (Å²) in [6.45, 7) is 3.80.